The number of rotatable bonds is 3. The van der Waals surface area contributed by atoms with Gasteiger partial charge in [-0.1, -0.05) is 18.2 Å². The average Bonchev–Trinajstić information content (AvgIpc) is 2.51. The molecule has 0 spiro atoms. The number of aliphatic hydroxyl groups excluding tert-OH is 1. The second-order valence-corrected chi connectivity index (χ2v) is 4.72. The minimum absolute atomic E-state index is 0.281. The molecule has 1 aromatic heterocycles. The Balaban J connectivity index is 2.45. The first-order valence-electron chi connectivity index (χ1n) is 4.91. The van der Waals surface area contributed by atoms with Gasteiger partial charge < -0.3 is 5.11 Å². The van der Waals surface area contributed by atoms with Gasteiger partial charge in [-0.15, -0.1) is 11.3 Å². The van der Waals surface area contributed by atoms with Crippen LogP contribution in [0, 0.1) is 6.92 Å². The van der Waals surface area contributed by atoms with Crippen LogP contribution in [0.5, 0.6) is 0 Å². The molecule has 1 N–H and O–H groups in total. The highest BCUT2D eigenvalue weighted by Crippen LogP contribution is 2.31. The summed E-state index contributed by atoms with van der Waals surface area (Å²) in [6.07, 6.45) is 1.86. The molecule has 0 radical (unpaired) electrons. The van der Waals surface area contributed by atoms with E-state index in [0.717, 1.165) is 12.8 Å². The molecule has 0 aliphatic heterocycles. The Hall–Kier alpha value is -0.860. The topological polar surface area (TPSA) is 20.2 Å². The highest BCUT2D eigenvalue weighted by molar-refractivity contribution is 7.19. The van der Waals surface area contributed by atoms with Crippen LogP contribution in [0.2, 0.25) is 0 Å². The molecule has 0 saturated carbocycles. The molecule has 14 heavy (non-hydrogen) atoms. The van der Waals surface area contributed by atoms with Crippen LogP contribution in [0.25, 0.3) is 10.1 Å². The zero-order valence-electron chi connectivity index (χ0n) is 8.29. The SMILES string of the molecule is Cc1sc2ccccc2c1CCCO. The van der Waals surface area contributed by atoms with Crippen molar-refractivity contribution < 1.29 is 5.11 Å². The van der Waals surface area contributed by atoms with Crippen molar-refractivity contribution in [2.24, 2.45) is 0 Å². The minimum atomic E-state index is 0.281. The zero-order valence-corrected chi connectivity index (χ0v) is 9.10. The second kappa shape index (κ2) is 4.11. The second-order valence-electron chi connectivity index (χ2n) is 3.46. The van der Waals surface area contributed by atoms with Gasteiger partial charge in [-0.05, 0) is 36.8 Å². The summed E-state index contributed by atoms with van der Waals surface area (Å²) in [5.41, 5.74) is 1.42. The van der Waals surface area contributed by atoms with Crippen molar-refractivity contribution in [3.63, 3.8) is 0 Å². The molecule has 0 bridgehead atoms. The number of hydrogen-bond donors (Lipinski definition) is 1. The van der Waals surface area contributed by atoms with E-state index in [0.29, 0.717) is 0 Å². The Kier molecular flexibility index (Phi) is 2.85. The summed E-state index contributed by atoms with van der Waals surface area (Å²) in [5, 5.41) is 10.2. The summed E-state index contributed by atoms with van der Waals surface area (Å²) in [5.74, 6) is 0. The van der Waals surface area contributed by atoms with Gasteiger partial charge in [0.15, 0.2) is 0 Å². The van der Waals surface area contributed by atoms with Crippen LogP contribution in [-0.4, -0.2) is 11.7 Å². The van der Waals surface area contributed by atoms with Crippen molar-refractivity contribution in [3.05, 3.63) is 34.7 Å². The molecule has 0 aliphatic carbocycles. The Bertz CT molecular complexity index is 431. The quantitative estimate of drug-likeness (QED) is 0.818. The Labute approximate surface area is 88.0 Å². The van der Waals surface area contributed by atoms with Gasteiger partial charge in [0, 0.05) is 16.2 Å². The van der Waals surface area contributed by atoms with Gasteiger partial charge in [-0.3, -0.25) is 0 Å². The van der Waals surface area contributed by atoms with Crippen molar-refractivity contribution in [3.8, 4) is 0 Å². The normalized spacial score (nSPS) is 11.0. The van der Waals surface area contributed by atoms with E-state index in [1.165, 1.54) is 20.5 Å². The molecule has 0 aliphatic rings. The minimum Gasteiger partial charge on any atom is -0.396 e. The number of aryl methyl sites for hydroxylation is 2. The van der Waals surface area contributed by atoms with Gasteiger partial charge in [0.2, 0.25) is 0 Å². The molecular weight excluding hydrogens is 192 g/mol. The Morgan fingerprint density at radius 1 is 1.29 bits per heavy atom. The first kappa shape index (κ1) is 9.69. The van der Waals surface area contributed by atoms with Crippen LogP contribution in [0.15, 0.2) is 24.3 Å². The van der Waals surface area contributed by atoms with E-state index in [1.807, 2.05) is 11.3 Å². The third-order valence-corrected chi connectivity index (χ3v) is 3.61. The number of hydrogen-bond acceptors (Lipinski definition) is 2. The van der Waals surface area contributed by atoms with Crippen molar-refractivity contribution >= 4 is 21.4 Å². The average molecular weight is 206 g/mol. The van der Waals surface area contributed by atoms with Gasteiger partial charge in [-0.2, -0.15) is 0 Å². The lowest BCUT2D eigenvalue weighted by atomic mass is 10.1. The summed E-state index contributed by atoms with van der Waals surface area (Å²) in [4.78, 5) is 1.39. The molecule has 2 aromatic rings. The first-order valence-corrected chi connectivity index (χ1v) is 5.72. The molecule has 1 aromatic carbocycles. The molecule has 2 rings (SSSR count). The lowest BCUT2D eigenvalue weighted by molar-refractivity contribution is 0.288. The fourth-order valence-corrected chi connectivity index (χ4v) is 2.90. The highest BCUT2D eigenvalue weighted by Gasteiger charge is 2.07. The van der Waals surface area contributed by atoms with Crippen LogP contribution >= 0.6 is 11.3 Å². The van der Waals surface area contributed by atoms with Crippen LogP contribution in [0.1, 0.15) is 16.9 Å². The van der Waals surface area contributed by atoms with E-state index in [4.69, 9.17) is 5.11 Å². The van der Waals surface area contributed by atoms with Crippen molar-refractivity contribution in [2.75, 3.05) is 6.61 Å². The number of aliphatic hydroxyl groups is 1. The van der Waals surface area contributed by atoms with Crippen LogP contribution < -0.4 is 0 Å². The van der Waals surface area contributed by atoms with Crippen molar-refractivity contribution in [1.82, 2.24) is 0 Å². The molecule has 1 heterocycles. The molecule has 2 heteroatoms. The first-order chi connectivity index (χ1) is 6.83. The summed E-state index contributed by atoms with van der Waals surface area (Å²) >= 11 is 1.85. The van der Waals surface area contributed by atoms with E-state index in [-0.39, 0.29) is 6.61 Å². The predicted octanol–water partition coefficient (Wildman–Crippen LogP) is 3.13. The van der Waals surface area contributed by atoms with E-state index < -0.39 is 0 Å². The largest absolute Gasteiger partial charge is 0.396 e. The molecule has 1 nitrogen and oxygen atoms in total. The maximum absolute atomic E-state index is 8.83. The van der Waals surface area contributed by atoms with Gasteiger partial charge in [0.25, 0.3) is 0 Å². The lowest BCUT2D eigenvalue weighted by Crippen LogP contribution is -1.89. The van der Waals surface area contributed by atoms with E-state index in [1.54, 1.807) is 0 Å². The van der Waals surface area contributed by atoms with Crippen LogP contribution in [0.3, 0.4) is 0 Å². The maximum atomic E-state index is 8.83. The molecule has 0 unspecified atom stereocenters. The zero-order chi connectivity index (χ0) is 9.97. The third kappa shape index (κ3) is 1.68. The Morgan fingerprint density at radius 3 is 2.86 bits per heavy atom. The number of benzene rings is 1. The molecule has 0 amide bonds. The van der Waals surface area contributed by atoms with E-state index >= 15 is 0 Å². The molecule has 74 valence electrons. The lowest BCUT2D eigenvalue weighted by Gasteiger charge is -1.98. The molecule has 0 saturated heterocycles. The predicted molar refractivity (Wildman–Crippen MR) is 62.0 cm³/mol. The van der Waals surface area contributed by atoms with Gasteiger partial charge >= 0.3 is 0 Å². The molecular formula is C12H14OS. The molecule has 0 atom stereocenters. The van der Waals surface area contributed by atoms with Gasteiger partial charge in [0.1, 0.15) is 0 Å². The smallest absolute Gasteiger partial charge is 0.0434 e. The monoisotopic (exact) mass is 206 g/mol. The Morgan fingerprint density at radius 2 is 2.07 bits per heavy atom. The van der Waals surface area contributed by atoms with Crippen LogP contribution in [0.4, 0.5) is 0 Å². The van der Waals surface area contributed by atoms with Crippen LogP contribution in [-0.2, 0) is 6.42 Å². The van der Waals surface area contributed by atoms with Crippen molar-refractivity contribution in [2.45, 2.75) is 19.8 Å². The van der Waals surface area contributed by atoms with E-state index in [2.05, 4.69) is 31.2 Å². The maximum Gasteiger partial charge on any atom is 0.0434 e. The standard InChI is InChI=1S/C12H14OS/c1-9-10(6-4-8-13)11-5-2-3-7-12(11)14-9/h2-3,5,7,13H,4,6,8H2,1H3. The van der Waals surface area contributed by atoms with Crippen molar-refractivity contribution in [1.29, 1.82) is 0 Å². The van der Waals surface area contributed by atoms with E-state index in [9.17, 15) is 0 Å². The fraction of sp³-hybridized carbons (Fsp3) is 0.333. The number of thiophene rings is 1. The summed E-state index contributed by atoms with van der Waals surface area (Å²) in [6.45, 7) is 2.45. The highest BCUT2D eigenvalue weighted by atomic mass is 32.1. The third-order valence-electron chi connectivity index (χ3n) is 2.49. The van der Waals surface area contributed by atoms with Gasteiger partial charge in [0.05, 0.1) is 0 Å². The fourth-order valence-electron chi connectivity index (χ4n) is 1.79. The summed E-state index contributed by atoms with van der Waals surface area (Å²) in [6, 6.07) is 8.49. The van der Waals surface area contributed by atoms with Gasteiger partial charge in [-0.25, -0.2) is 0 Å². The number of fused-ring (bicyclic) bond motifs is 1. The summed E-state index contributed by atoms with van der Waals surface area (Å²) in [7, 11) is 0. The molecule has 0 fully saturated rings. The summed E-state index contributed by atoms with van der Waals surface area (Å²) < 4.78 is 1.36.